The monoisotopic (exact) mass is 527 g/mol. The second-order valence-corrected chi connectivity index (χ2v) is 9.86. The van der Waals surface area contributed by atoms with Gasteiger partial charge in [-0.3, -0.25) is 19.5 Å². The van der Waals surface area contributed by atoms with E-state index in [9.17, 15) is 9.59 Å². The minimum atomic E-state index is -0.276. The molecular weight excluding hydrogens is 498 g/mol. The molecule has 1 aliphatic rings. The van der Waals surface area contributed by atoms with Gasteiger partial charge in [-0.05, 0) is 35.6 Å². The zero-order valence-electron chi connectivity index (χ0n) is 21.3. The third-order valence-electron chi connectivity index (χ3n) is 7.03. The van der Waals surface area contributed by atoms with Crippen LogP contribution in [0.15, 0.2) is 91.3 Å². The van der Waals surface area contributed by atoms with Crippen LogP contribution >= 0.6 is 11.6 Å². The van der Waals surface area contributed by atoms with E-state index in [2.05, 4.69) is 28.1 Å². The zero-order valence-corrected chi connectivity index (χ0v) is 22.1. The minimum absolute atomic E-state index is 0.0816. The van der Waals surface area contributed by atoms with Gasteiger partial charge >= 0.3 is 5.97 Å². The van der Waals surface area contributed by atoms with Crippen LogP contribution in [0.25, 0.3) is 10.8 Å². The van der Waals surface area contributed by atoms with E-state index in [1.165, 1.54) is 0 Å². The molecule has 3 aromatic carbocycles. The highest BCUT2D eigenvalue weighted by molar-refractivity contribution is 6.30. The van der Waals surface area contributed by atoms with Crippen LogP contribution in [0, 0.1) is 0 Å². The zero-order chi connectivity index (χ0) is 26.5. The van der Waals surface area contributed by atoms with Crippen LogP contribution in [0.4, 0.5) is 0 Å². The Labute approximate surface area is 227 Å². The summed E-state index contributed by atoms with van der Waals surface area (Å²) in [5.41, 5.74) is 2.71. The lowest BCUT2D eigenvalue weighted by Gasteiger charge is -2.45. The Morgan fingerprint density at radius 1 is 0.974 bits per heavy atom. The van der Waals surface area contributed by atoms with Crippen LogP contribution in [0.1, 0.15) is 40.9 Å². The number of rotatable bonds is 7. The van der Waals surface area contributed by atoms with Gasteiger partial charge in [0.25, 0.3) is 5.91 Å². The largest absolute Gasteiger partial charge is 0.466 e. The van der Waals surface area contributed by atoms with Gasteiger partial charge in [-0.1, -0.05) is 78.3 Å². The van der Waals surface area contributed by atoms with Crippen LogP contribution < -0.4 is 0 Å². The standard InChI is InChI=1S/C31H30ClN3O3/c1-2-38-29(36)18-26-21-34(31(37)28-20-33-19-24-11-6-7-14-27(24)28)15-16-35(26)30(22-9-4-3-5-10-22)23-12-8-13-25(32)17-23/h3-14,17,19-20,26,30H,2,15-16,18,21H2,1H3/t26-,30?/m1/s1. The summed E-state index contributed by atoms with van der Waals surface area (Å²) in [6.45, 7) is 3.61. The molecule has 0 saturated carbocycles. The molecule has 5 rings (SSSR count). The molecule has 1 aliphatic heterocycles. The van der Waals surface area contributed by atoms with Crippen molar-refractivity contribution < 1.29 is 14.3 Å². The molecule has 6 nitrogen and oxygen atoms in total. The SMILES string of the molecule is CCOC(=O)C[C@@H]1CN(C(=O)c2cncc3ccccc23)CCN1C(c1ccccc1)c1cccc(Cl)c1. The van der Waals surface area contributed by atoms with Gasteiger partial charge in [0.1, 0.15) is 0 Å². The van der Waals surface area contributed by atoms with E-state index >= 15 is 0 Å². The van der Waals surface area contributed by atoms with Crippen molar-refractivity contribution in [3.8, 4) is 0 Å². The number of piperazine rings is 1. The first-order valence-corrected chi connectivity index (χ1v) is 13.3. The maximum absolute atomic E-state index is 13.8. The number of carbonyl (C=O) groups is 2. The molecule has 1 unspecified atom stereocenters. The number of esters is 1. The number of hydrogen-bond donors (Lipinski definition) is 0. The van der Waals surface area contributed by atoms with E-state index in [1.54, 1.807) is 19.3 Å². The van der Waals surface area contributed by atoms with Gasteiger partial charge in [-0.15, -0.1) is 0 Å². The quantitative estimate of drug-likeness (QED) is 0.286. The number of amides is 1. The highest BCUT2D eigenvalue weighted by Crippen LogP contribution is 2.34. The van der Waals surface area contributed by atoms with Crippen molar-refractivity contribution in [2.45, 2.75) is 25.4 Å². The van der Waals surface area contributed by atoms with Crippen molar-refractivity contribution in [2.75, 3.05) is 26.2 Å². The second kappa shape index (κ2) is 11.8. The summed E-state index contributed by atoms with van der Waals surface area (Å²) in [7, 11) is 0. The summed E-state index contributed by atoms with van der Waals surface area (Å²) in [5, 5.41) is 2.45. The van der Waals surface area contributed by atoms with Gasteiger partial charge in [0, 0.05) is 48.5 Å². The smallest absolute Gasteiger partial charge is 0.307 e. The number of pyridine rings is 1. The Balaban J connectivity index is 1.50. The van der Waals surface area contributed by atoms with E-state index in [4.69, 9.17) is 16.3 Å². The van der Waals surface area contributed by atoms with Crippen LogP contribution in [-0.4, -0.2) is 58.9 Å². The number of benzene rings is 3. The first kappa shape index (κ1) is 25.9. The molecule has 194 valence electrons. The first-order chi connectivity index (χ1) is 18.5. The third-order valence-corrected chi connectivity index (χ3v) is 7.27. The van der Waals surface area contributed by atoms with Gasteiger partial charge in [-0.2, -0.15) is 0 Å². The molecule has 1 fully saturated rings. The van der Waals surface area contributed by atoms with Crippen LogP contribution in [-0.2, 0) is 9.53 Å². The summed E-state index contributed by atoms with van der Waals surface area (Å²) in [5.74, 6) is -0.358. The molecule has 1 amide bonds. The van der Waals surface area contributed by atoms with Crippen LogP contribution in [0.5, 0.6) is 0 Å². The number of hydrogen-bond acceptors (Lipinski definition) is 5. The van der Waals surface area contributed by atoms with Crippen LogP contribution in [0.2, 0.25) is 5.02 Å². The van der Waals surface area contributed by atoms with E-state index < -0.39 is 0 Å². The summed E-state index contributed by atoms with van der Waals surface area (Å²) < 4.78 is 5.34. The van der Waals surface area contributed by atoms with Crippen molar-refractivity contribution >= 4 is 34.2 Å². The van der Waals surface area contributed by atoms with Gasteiger partial charge < -0.3 is 9.64 Å². The van der Waals surface area contributed by atoms with Crippen molar-refractivity contribution in [1.82, 2.24) is 14.8 Å². The average Bonchev–Trinajstić information content (AvgIpc) is 2.94. The fourth-order valence-electron chi connectivity index (χ4n) is 5.33. The molecular formula is C31H30ClN3O3. The number of nitrogens with zero attached hydrogens (tertiary/aromatic N) is 3. The fourth-order valence-corrected chi connectivity index (χ4v) is 5.53. The number of ether oxygens (including phenoxy) is 1. The van der Waals surface area contributed by atoms with Crippen molar-refractivity contribution in [3.05, 3.63) is 113 Å². The molecule has 0 radical (unpaired) electrons. The predicted octanol–water partition coefficient (Wildman–Crippen LogP) is 5.76. The Bertz CT molecular complexity index is 1420. The lowest BCUT2D eigenvalue weighted by Crippen LogP contribution is -2.56. The summed E-state index contributed by atoms with van der Waals surface area (Å²) >= 11 is 6.41. The van der Waals surface area contributed by atoms with E-state index in [0.29, 0.717) is 36.8 Å². The maximum Gasteiger partial charge on any atom is 0.307 e. The van der Waals surface area contributed by atoms with E-state index in [-0.39, 0.29) is 30.4 Å². The third kappa shape index (κ3) is 5.57. The molecule has 1 aromatic heterocycles. The van der Waals surface area contributed by atoms with Crippen molar-refractivity contribution in [3.63, 3.8) is 0 Å². The molecule has 4 aromatic rings. The Morgan fingerprint density at radius 3 is 2.53 bits per heavy atom. The average molecular weight is 528 g/mol. The van der Waals surface area contributed by atoms with Gasteiger partial charge in [0.15, 0.2) is 0 Å². The fraction of sp³-hybridized carbons (Fsp3) is 0.258. The summed E-state index contributed by atoms with van der Waals surface area (Å²) in [6, 6.07) is 25.4. The van der Waals surface area contributed by atoms with Crippen molar-refractivity contribution in [2.24, 2.45) is 0 Å². The highest BCUT2D eigenvalue weighted by Gasteiger charge is 2.37. The number of fused-ring (bicyclic) bond motifs is 1. The number of aromatic nitrogens is 1. The minimum Gasteiger partial charge on any atom is -0.466 e. The molecule has 7 heteroatoms. The van der Waals surface area contributed by atoms with Crippen molar-refractivity contribution in [1.29, 1.82) is 0 Å². The molecule has 2 heterocycles. The Hall–Kier alpha value is -3.74. The first-order valence-electron chi connectivity index (χ1n) is 12.9. The topological polar surface area (TPSA) is 62.7 Å². The van der Waals surface area contributed by atoms with Crippen LogP contribution in [0.3, 0.4) is 0 Å². The lowest BCUT2D eigenvalue weighted by molar-refractivity contribution is -0.145. The molecule has 0 spiro atoms. The molecule has 0 N–H and O–H groups in total. The van der Waals surface area contributed by atoms with E-state index in [0.717, 1.165) is 21.9 Å². The molecule has 0 aliphatic carbocycles. The molecule has 0 bridgehead atoms. The molecule has 38 heavy (non-hydrogen) atoms. The van der Waals surface area contributed by atoms with Gasteiger partial charge in [0.2, 0.25) is 0 Å². The number of halogens is 1. The molecule has 1 saturated heterocycles. The Morgan fingerprint density at radius 2 is 1.74 bits per heavy atom. The van der Waals surface area contributed by atoms with E-state index in [1.807, 2.05) is 65.6 Å². The number of carbonyl (C=O) groups excluding carboxylic acids is 2. The Kier molecular flexibility index (Phi) is 8.01. The summed E-state index contributed by atoms with van der Waals surface area (Å²) in [4.78, 5) is 35.0. The molecule has 2 atom stereocenters. The lowest BCUT2D eigenvalue weighted by atomic mass is 9.93. The maximum atomic E-state index is 13.8. The highest BCUT2D eigenvalue weighted by atomic mass is 35.5. The van der Waals surface area contributed by atoms with Gasteiger partial charge in [0.05, 0.1) is 24.6 Å². The normalized spacial score (nSPS) is 16.8. The van der Waals surface area contributed by atoms with Gasteiger partial charge in [-0.25, -0.2) is 0 Å². The predicted molar refractivity (Wildman–Crippen MR) is 149 cm³/mol. The summed E-state index contributed by atoms with van der Waals surface area (Å²) in [6.07, 6.45) is 3.58. The second-order valence-electron chi connectivity index (χ2n) is 9.43.